The van der Waals surface area contributed by atoms with Gasteiger partial charge in [-0.15, -0.1) is 11.3 Å². The standard InChI is InChI=1S/C25H26N2O3S/c1-3-7-16(2)26-22(28)15-30-25(29)23-19-9-4-5-10-21(19)27-24-17(11-12-20(23)24)14-18-8-6-13-31-18/h4-6,8-10,13-14,16H,3,7,11-12,15H2,1-2H3,(H,26,28). The molecule has 1 aromatic carbocycles. The van der Waals surface area contributed by atoms with E-state index in [2.05, 4.69) is 24.4 Å². The van der Waals surface area contributed by atoms with Crippen molar-refractivity contribution in [3.8, 4) is 0 Å². The van der Waals surface area contributed by atoms with Gasteiger partial charge >= 0.3 is 5.97 Å². The first-order chi connectivity index (χ1) is 15.1. The van der Waals surface area contributed by atoms with E-state index in [0.29, 0.717) is 5.56 Å². The van der Waals surface area contributed by atoms with Crippen LogP contribution in [-0.4, -0.2) is 29.5 Å². The summed E-state index contributed by atoms with van der Waals surface area (Å²) in [6.45, 7) is 3.74. The zero-order valence-electron chi connectivity index (χ0n) is 17.8. The van der Waals surface area contributed by atoms with Crippen LogP contribution in [-0.2, 0) is 16.0 Å². The minimum Gasteiger partial charge on any atom is -0.452 e. The average molecular weight is 435 g/mol. The number of benzene rings is 1. The zero-order valence-corrected chi connectivity index (χ0v) is 18.6. The highest BCUT2D eigenvalue weighted by atomic mass is 32.1. The van der Waals surface area contributed by atoms with Gasteiger partial charge in [0.05, 0.1) is 16.8 Å². The molecule has 4 rings (SSSR count). The molecular formula is C25H26N2O3S. The number of esters is 1. The fraction of sp³-hybridized carbons (Fsp3) is 0.320. The maximum Gasteiger partial charge on any atom is 0.339 e. The van der Waals surface area contributed by atoms with E-state index in [1.165, 1.54) is 4.88 Å². The van der Waals surface area contributed by atoms with E-state index in [0.717, 1.165) is 53.4 Å². The Bertz CT molecular complexity index is 1140. The molecule has 0 spiro atoms. The van der Waals surface area contributed by atoms with E-state index >= 15 is 0 Å². The quantitative estimate of drug-likeness (QED) is 0.516. The van der Waals surface area contributed by atoms with Crippen molar-refractivity contribution in [3.05, 3.63) is 63.5 Å². The number of hydrogen-bond donors (Lipinski definition) is 1. The van der Waals surface area contributed by atoms with Crippen molar-refractivity contribution in [2.75, 3.05) is 6.61 Å². The van der Waals surface area contributed by atoms with Crippen LogP contribution in [0.3, 0.4) is 0 Å². The molecule has 0 radical (unpaired) electrons. The summed E-state index contributed by atoms with van der Waals surface area (Å²) in [5, 5.41) is 5.69. The van der Waals surface area contributed by atoms with Crippen molar-refractivity contribution in [1.29, 1.82) is 0 Å². The van der Waals surface area contributed by atoms with E-state index in [1.54, 1.807) is 11.3 Å². The summed E-state index contributed by atoms with van der Waals surface area (Å²) < 4.78 is 5.45. The highest BCUT2D eigenvalue weighted by Crippen LogP contribution is 2.38. The highest BCUT2D eigenvalue weighted by Gasteiger charge is 2.28. The van der Waals surface area contributed by atoms with Crippen LogP contribution in [0.15, 0.2) is 41.8 Å². The summed E-state index contributed by atoms with van der Waals surface area (Å²) in [5.74, 6) is -0.742. The van der Waals surface area contributed by atoms with Gasteiger partial charge in [-0.25, -0.2) is 9.78 Å². The third kappa shape index (κ3) is 4.69. The second-order valence-corrected chi connectivity index (χ2v) is 8.83. The third-order valence-corrected chi connectivity index (χ3v) is 6.29. The van der Waals surface area contributed by atoms with Crippen LogP contribution >= 0.6 is 11.3 Å². The van der Waals surface area contributed by atoms with E-state index in [1.807, 2.05) is 42.6 Å². The van der Waals surface area contributed by atoms with Gasteiger partial charge in [0.1, 0.15) is 0 Å². The number of thiophene rings is 1. The maximum atomic E-state index is 13.1. The Hall–Kier alpha value is -2.99. The van der Waals surface area contributed by atoms with Crippen LogP contribution < -0.4 is 5.32 Å². The highest BCUT2D eigenvalue weighted by molar-refractivity contribution is 7.10. The molecule has 6 heteroatoms. The molecule has 0 bridgehead atoms. The summed E-state index contributed by atoms with van der Waals surface area (Å²) in [4.78, 5) is 31.3. The lowest BCUT2D eigenvalue weighted by Crippen LogP contribution is -2.35. The summed E-state index contributed by atoms with van der Waals surface area (Å²) in [5.41, 5.74) is 4.19. The van der Waals surface area contributed by atoms with Crippen LogP contribution in [0.2, 0.25) is 0 Å². The van der Waals surface area contributed by atoms with Crippen molar-refractivity contribution in [2.24, 2.45) is 0 Å². The average Bonchev–Trinajstić information content (AvgIpc) is 3.41. The van der Waals surface area contributed by atoms with Gasteiger partial charge in [-0.05, 0) is 60.9 Å². The Labute approximate surface area is 186 Å². The van der Waals surface area contributed by atoms with Gasteiger partial charge in [-0.1, -0.05) is 37.6 Å². The lowest BCUT2D eigenvalue weighted by Gasteiger charge is -2.14. The molecule has 1 N–H and O–H groups in total. The molecular weight excluding hydrogens is 408 g/mol. The van der Waals surface area contributed by atoms with Gasteiger partial charge in [0.15, 0.2) is 6.61 Å². The first-order valence-corrected chi connectivity index (χ1v) is 11.6. The Morgan fingerprint density at radius 3 is 2.84 bits per heavy atom. The van der Waals surface area contributed by atoms with Crippen molar-refractivity contribution < 1.29 is 14.3 Å². The number of rotatable bonds is 7. The van der Waals surface area contributed by atoms with Crippen LogP contribution in [0, 0.1) is 0 Å². The first kappa shape index (κ1) is 21.2. The number of aromatic nitrogens is 1. The lowest BCUT2D eigenvalue weighted by atomic mass is 10.0. The molecule has 0 fully saturated rings. The number of hydrogen-bond acceptors (Lipinski definition) is 5. The SMILES string of the molecule is CCCC(C)NC(=O)COC(=O)c1c2c(nc3ccccc13)C(=Cc1cccs1)CC2. The van der Waals surface area contributed by atoms with Crippen LogP contribution in [0.4, 0.5) is 0 Å². The second kappa shape index (κ2) is 9.43. The molecule has 31 heavy (non-hydrogen) atoms. The monoisotopic (exact) mass is 434 g/mol. The molecule has 5 nitrogen and oxygen atoms in total. The van der Waals surface area contributed by atoms with E-state index < -0.39 is 5.97 Å². The number of nitrogens with zero attached hydrogens (tertiary/aromatic N) is 1. The molecule has 160 valence electrons. The Morgan fingerprint density at radius 2 is 2.06 bits per heavy atom. The summed E-state index contributed by atoms with van der Waals surface area (Å²) in [7, 11) is 0. The number of carbonyl (C=O) groups excluding carboxylic acids is 2. The number of allylic oxidation sites excluding steroid dienone is 1. The number of pyridine rings is 1. The van der Waals surface area contributed by atoms with E-state index in [9.17, 15) is 9.59 Å². The molecule has 0 aliphatic heterocycles. The number of fused-ring (bicyclic) bond motifs is 2. The number of amides is 1. The lowest BCUT2D eigenvalue weighted by molar-refractivity contribution is -0.124. The molecule has 1 aliphatic rings. The van der Waals surface area contributed by atoms with Gasteiger partial charge in [-0.3, -0.25) is 4.79 Å². The molecule has 0 saturated heterocycles. The van der Waals surface area contributed by atoms with Crippen LogP contribution in [0.5, 0.6) is 0 Å². The molecule has 1 unspecified atom stereocenters. The minimum absolute atomic E-state index is 0.0622. The van der Waals surface area contributed by atoms with Gasteiger partial charge in [0, 0.05) is 16.3 Å². The largest absolute Gasteiger partial charge is 0.452 e. The summed E-state index contributed by atoms with van der Waals surface area (Å²) in [6.07, 6.45) is 5.58. The number of para-hydroxylation sites is 1. The number of ether oxygens (including phenoxy) is 1. The Morgan fingerprint density at radius 1 is 1.23 bits per heavy atom. The van der Waals surface area contributed by atoms with Crippen LogP contribution in [0.1, 0.15) is 59.6 Å². The fourth-order valence-corrected chi connectivity index (χ4v) is 4.76. The van der Waals surface area contributed by atoms with E-state index in [-0.39, 0.29) is 18.6 Å². The first-order valence-electron chi connectivity index (χ1n) is 10.7. The van der Waals surface area contributed by atoms with Gasteiger partial charge < -0.3 is 10.1 Å². The number of nitrogens with one attached hydrogen (secondary N) is 1. The van der Waals surface area contributed by atoms with Crippen LogP contribution in [0.25, 0.3) is 22.6 Å². The normalized spacial score (nSPS) is 15.1. The summed E-state index contributed by atoms with van der Waals surface area (Å²) >= 11 is 1.68. The molecule has 3 aromatic rings. The predicted molar refractivity (Wildman–Crippen MR) is 125 cm³/mol. The summed E-state index contributed by atoms with van der Waals surface area (Å²) in [6, 6.07) is 11.8. The van der Waals surface area contributed by atoms with E-state index in [4.69, 9.17) is 9.72 Å². The smallest absolute Gasteiger partial charge is 0.339 e. The third-order valence-electron chi connectivity index (χ3n) is 5.47. The fourth-order valence-electron chi connectivity index (χ4n) is 4.08. The molecule has 1 aliphatic carbocycles. The molecule has 2 heterocycles. The Balaban J connectivity index is 1.63. The predicted octanol–water partition coefficient (Wildman–Crippen LogP) is 5.24. The topological polar surface area (TPSA) is 68.3 Å². The minimum atomic E-state index is -0.467. The molecule has 0 saturated carbocycles. The molecule has 1 amide bonds. The molecule has 2 aromatic heterocycles. The Kier molecular flexibility index (Phi) is 6.47. The van der Waals surface area contributed by atoms with Gasteiger partial charge in [-0.2, -0.15) is 0 Å². The van der Waals surface area contributed by atoms with Crippen molar-refractivity contribution >= 4 is 45.8 Å². The number of carbonyl (C=O) groups is 2. The van der Waals surface area contributed by atoms with Crippen molar-refractivity contribution in [1.82, 2.24) is 10.3 Å². The maximum absolute atomic E-state index is 13.1. The van der Waals surface area contributed by atoms with Gasteiger partial charge in [0.25, 0.3) is 5.91 Å². The van der Waals surface area contributed by atoms with Crippen molar-refractivity contribution in [3.63, 3.8) is 0 Å². The second-order valence-electron chi connectivity index (χ2n) is 7.85. The zero-order chi connectivity index (χ0) is 21.8. The molecule has 1 atom stereocenters. The van der Waals surface area contributed by atoms with Gasteiger partial charge in [0.2, 0.25) is 0 Å². The van der Waals surface area contributed by atoms with Crippen molar-refractivity contribution in [2.45, 2.75) is 45.6 Å².